The van der Waals surface area contributed by atoms with E-state index < -0.39 is 28.9 Å². The Morgan fingerprint density at radius 3 is 2.45 bits per heavy atom. The molecular weight excluding hydrogens is 269 g/mol. The van der Waals surface area contributed by atoms with E-state index in [-0.39, 0.29) is 6.54 Å². The first-order valence-corrected chi connectivity index (χ1v) is 5.75. The first-order valence-electron chi connectivity index (χ1n) is 5.75. The summed E-state index contributed by atoms with van der Waals surface area (Å²) in [6.07, 6.45) is 0. The number of halogens is 3. The van der Waals surface area contributed by atoms with E-state index in [9.17, 15) is 18.0 Å². The molecule has 2 aromatic rings. The van der Waals surface area contributed by atoms with Crippen molar-refractivity contribution in [1.82, 2.24) is 5.32 Å². The lowest BCUT2D eigenvalue weighted by Crippen LogP contribution is -2.24. The van der Waals surface area contributed by atoms with Crippen LogP contribution in [0.2, 0.25) is 0 Å². The Morgan fingerprint density at radius 1 is 1.05 bits per heavy atom. The van der Waals surface area contributed by atoms with Gasteiger partial charge in [0.25, 0.3) is 5.91 Å². The van der Waals surface area contributed by atoms with Crippen molar-refractivity contribution in [2.75, 3.05) is 5.73 Å². The van der Waals surface area contributed by atoms with Crippen molar-refractivity contribution in [2.45, 2.75) is 6.54 Å². The van der Waals surface area contributed by atoms with Gasteiger partial charge in [0.2, 0.25) is 0 Å². The fraction of sp³-hybridized carbons (Fsp3) is 0.0714. The summed E-state index contributed by atoms with van der Waals surface area (Å²) in [5.74, 6) is -5.36. The van der Waals surface area contributed by atoms with Gasteiger partial charge in [-0.3, -0.25) is 4.79 Å². The maximum absolute atomic E-state index is 13.4. The van der Waals surface area contributed by atoms with Crippen molar-refractivity contribution in [3.8, 4) is 0 Å². The minimum Gasteiger partial charge on any atom is -0.398 e. The molecule has 3 nitrogen and oxygen atoms in total. The Balaban J connectivity index is 2.14. The summed E-state index contributed by atoms with van der Waals surface area (Å²) in [4.78, 5) is 11.7. The van der Waals surface area contributed by atoms with Crippen LogP contribution in [0, 0.1) is 17.5 Å². The van der Waals surface area contributed by atoms with Gasteiger partial charge in [-0.15, -0.1) is 0 Å². The summed E-state index contributed by atoms with van der Waals surface area (Å²) >= 11 is 0. The van der Waals surface area contributed by atoms with Crippen LogP contribution in [0.1, 0.15) is 15.9 Å². The number of nitrogens with one attached hydrogen (secondary N) is 1. The molecule has 2 rings (SSSR count). The monoisotopic (exact) mass is 280 g/mol. The second kappa shape index (κ2) is 5.64. The molecule has 0 spiro atoms. The van der Waals surface area contributed by atoms with Gasteiger partial charge in [-0.1, -0.05) is 18.2 Å². The summed E-state index contributed by atoms with van der Waals surface area (Å²) in [5.41, 5.74) is 6.24. The molecule has 1 amide bonds. The summed E-state index contributed by atoms with van der Waals surface area (Å²) < 4.78 is 39.2. The lowest BCUT2D eigenvalue weighted by Gasteiger charge is -2.08. The summed E-state index contributed by atoms with van der Waals surface area (Å²) in [6.45, 7) is 0.0595. The molecule has 0 heterocycles. The quantitative estimate of drug-likeness (QED) is 0.670. The number of amides is 1. The molecule has 0 fully saturated rings. The number of carbonyl (C=O) groups excluding carboxylic acids is 1. The van der Waals surface area contributed by atoms with Crippen molar-refractivity contribution >= 4 is 11.6 Å². The second-order valence-corrected chi connectivity index (χ2v) is 4.10. The van der Waals surface area contributed by atoms with Gasteiger partial charge in [-0.2, -0.15) is 0 Å². The normalized spacial score (nSPS) is 10.3. The first-order chi connectivity index (χ1) is 9.50. The standard InChI is InChI=1S/C14H11F3N2O/c15-10-6-5-9(12(16)13(10)17)14(20)19-7-8-3-1-2-4-11(8)18/h1-6H,7,18H2,(H,19,20). The molecule has 0 bridgehead atoms. The average Bonchev–Trinajstić information content (AvgIpc) is 2.44. The van der Waals surface area contributed by atoms with E-state index in [0.29, 0.717) is 17.3 Å². The molecule has 20 heavy (non-hydrogen) atoms. The van der Waals surface area contributed by atoms with Gasteiger partial charge in [0.15, 0.2) is 17.5 Å². The Kier molecular flexibility index (Phi) is 3.93. The number of nitrogens with two attached hydrogens (primary N) is 1. The van der Waals surface area contributed by atoms with Crippen LogP contribution >= 0.6 is 0 Å². The lowest BCUT2D eigenvalue weighted by atomic mass is 10.1. The number of benzene rings is 2. The second-order valence-electron chi connectivity index (χ2n) is 4.10. The van der Waals surface area contributed by atoms with E-state index in [2.05, 4.69) is 5.32 Å². The zero-order chi connectivity index (χ0) is 14.7. The molecule has 0 aliphatic carbocycles. The minimum absolute atomic E-state index is 0.0595. The molecule has 0 aromatic heterocycles. The highest BCUT2D eigenvalue weighted by Crippen LogP contribution is 2.16. The van der Waals surface area contributed by atoms with Gasteiger partial charge in [-0.05, 0) is 23.8 Å². The van der Waals surface area contributed by atoms with Crippen LogP contribution in [0.15, 0.2) is 36.4 Å². The van der Waals surface area contributed by atoms with Crippen molar-refractivity contribution in [2.24, 2.45) is 0 Å². The van der Waals surface area contributed by atoms with E-state index in [4.69, 9.17) is 5.73 Å². The van der Waals surface area contributed by atoms with Crippen LogP contribution < -0.4 is 11.1 Å². The number of hydrogen-bond donors (Lipinski definition) is 2. The van der Waals surface area contributed by atoms with E-state index in [0.717, 1.165) is 6.07 Å². The molecule has 0 saturated heterocycles. The van der Waals surface area contributed by atoms with E-state index >= 15 is 0 Å². The van der Waals surface area contributed by atoms with Gasteiger partial charge >= 0.3 is 0 Å². The number of para-hydroxylation sites is 1. The van der Waals surface area contributed by atoms with Crippen LogP contribution in [-0.4, -0.2) is 5.91 Å². The highest BCUT2D eigenvalue weighted by molar-refractivity contribution is 5.94. The van der Waals surface area contributed by atoms with Gasteiger partial charge < -0.3 is 11.1 Å². The zero-order valence-electron chi connectivity index (χ0n) is 10.3. The van der Waals surface area contributed by atoms with Gasteiger partial charge in [0.1, 0.15) is 0 Å². The Labute approximate surface area is 113 Å². The third-order valence-corrected chi connectivity index (χ3v) is 2.77. The molecule has 0 atom stereocenters. The minimum atomic E-state index is -1.67. The molecule has 0 radical (unpaired) electrons. The highest BCUT2D eigenvalue weighted by Gasteiger charge is 2.18. The van der Waals surface area contributed by atoms with Crippen LogP contribution in [0.5, 0.6) is 0 Å². The van der Waals surface area contributed by atoms with Crippen LogP contribution in [0.3, 0.4) is 0 Å². The lowest BCUT2D eigenvalue weighted by molar-refractivity contribution is 0.0945. The zero-order valence-corrected chi connectivity index (χ0v) is 10.3. The van der Waals surface area contributed by atoms with Crippen LogP contribution in [0.25, 0.3) is 0 Å². The third-order valence-electron chi connectivity index (χ3n) is 2.77. The Morgan fingerprint density at radius 2 is 1.75 bits per heavy atom. The largest absolute Gasteiger partial charge is 0.398 e. The van der Waals surface area contributed by atoms with Gasteiger partial charge in [-0.25, -0.2) is 13.2 Å². The molecular formula is C14H11F3N2O. The highest BCUT2D eigenvalue weighted by atomic mass is 19.2. The average molecular weight is 280 g/mol. The van der Waals surface area contributed by atoms with Crippen LogP contribution in [-0.2, 0) is 6.54 Å². The fourth-order valence-electron chi connectivity index (χ4n) is 1.67. The number of carbonyl (C=O) groups is 1. The van der Waals surface area contributed by atoms with Crippen molar-refractivity contribution in [3.63, 3.8) is 0 Å². The molecule has 0 unspecified atom stereocenters. The molecule has 6 heteroatoms. The molecule has 2 aromatic carbocycles. The number of nitrogen functional groups attached to an aromatic ring is 1. The van der Waals surface area contributed by atoms with E-state index in [1.165, 1.54) is 0 Å². The number of anilines is 1. The molecule has 0 aliphatic rings. The number of rotatable bonds is 3. The Hall–Kier alpha value is -2.50. The molecule has 0 saturated carbocycles. The third kappa shape index (κ3) is 2.74. The van der Waals surface area contributed by atoms with Crippen molar-refractivity contribution in [3.05, 3.63) is 65.0 Å². The Bertz CT molecular complexity index is 659. The topological polar surface area (TPSA) is 55.1 Å². The fourth-order valence-corrected chi connectivity index (χ4v) is 1.67. The number of hydrogen-bond acceptors (Lipinski definition) is 2. The predicted octanol–water partition coefficient (Wildman–Crippen LogP) is 2.62. The van der Waals surface area contributed by atoms with Gasteiger partial charge in [0, 0.05) is 12.2 Å². The summed E-state index contributed by atoms with van der Waals surface area (Å²) in [7, 11) is 0. The first kappa shape index (κ1) is 13.9. The van der Waals surface area contributed by atoms with Crippen molar-refractivity contribution < 1.29 is 18.0 Å². The summed E-state index contributed by atoms with van der Waals surface area (Å²) in [6, 6.07) is 8.39. The van der Waals surface area contributed by atoms with Crippen LogP contribution in [0.4, 0.5) is 18.9 Å². The molecule has 104 valence electrons. The maximum atomic E-state index is 13.4. The smallest absolute Gasteiger partial charge is 0.254 e. The molecule has 0 aliphatic heterocycles. The van der Waals surface area contributed by atoms with Gasteiger partial charge in [0.05, 0.1) is 5.56 Å². The maximum Gasteiger partial charge on any atom is 0.254 e. The molecule has 3 N–H and O–H groups in total. The van der Waals surface area contributed by atoms with E-state index in [1.807, 2.05) is 0 Å². The van der Waals surface area contributed by atoms with E-state index in [1.54, 1.807) is 24.3 Å². The summed E-state index contributed by atoms with van der Waals surface area (Å²) in [5, 5.41) is 2.40. The SMILES string of the molecule is Nc1ccccc1CNC(=O)c1ccc(F)c(F)c1F. The van der Waals surface area contributed by atoms with Crippen molar-refractivity contribution in [1.29, 1.82) is 0 Å². The predicted molar refractivity (Wildman–Crippen MR) is 68.3 cm³/mol.